The fourth-order valence-electron chi connectivity index (χ4n) is 2.18. The average Bonchev–Trinajstić information content (AvgIpc) is 2.26. The number of nitrogens with zero attached hydrogens (tertiary/aromatic N) is 1. The maximum absolute atomic E-state index is 11.9. The molecule has 1 fully saturated rings. The predicted octanol–water partition coefficient (Wildman–Crippen LogP) is 1.29. The number of carbonyl (C=O) groups excluding carboxylic acids is 1. The Bertz CT molecular complexity index is 454. The summed E-state index contributed by atoms with van der Waals surface area (Å²) >= 11 is 0. The summed E-state index contributed by atoms with van der Waals surface area (Å²) in [6, 6.07) is 5.91. The van der Waals surface area contributed by atoms with E-state index in [1.165, 1.54) is 0 Å². The topological polar surface area (TPSA) is 58.4 Å². The van der Waals surface area contributed by atoms with Crippen molar-refractivity contribution in [2.45, 2.75) is 26.3 Å². The van der Waals surface area contributed by atoms with Crippen molar-refractivity contribution in [3.8, 4) is 0 Å². The van der Waals surface area contributed by atoms with E-state index in [2.05, 4.69) is 10.2 Å². The smallest absolute Gasteiger partial charge is 0.245 e. The quantitative estimate of drug-likeness (QED) is 0.719. The molecule has 3 N–H and O–H groups in total. The Morgan fingerprint density at radius 1 is 1.41 bits per heavy atom. The van der Waals surface area contributed by atoms with Crippen molar-refractivity contribution in [3.05, 3.63) is 23.8 Å². The maximum Gasteiger partial charge on any atom is 0.245 e. The summed E-state index contributed by atoms with van der Waals surface area (Å²) in [6.45, 7) is 7.37. The van der Waals surface area contributed by atoms with Crippen molar-refractivity contribution >= 4 is 17.3 Å². The van der Waals surface area contributed by atoms with Crippen LogP contribution in [0.15, 0.2) is 18.2 Å². The minimum absolute atomic E-state index is 0.0678. The number of hydrogen-bond acceptors (Lipinski definition) is 3. The first kappa shape index (κ1) is 11.8. The van der Waals surface area contributed by atoms with Crippen LogP contribution in [0.4, 0.5) is 11.4 Å². The molecule has 0 spiro atoms. The van der Waals surface area contributed by atoms with Gasteiger partial charge in [-0.1, -0.05) is 0 Å². The number of carbonyl (C=O) groups is 1. The lowest BCUT2D eigenvalue weighted by molar-refractivity contribution is -0.126. The summed E-state index contributed by atoms with van der Waals surface area (Å²) in [4.78, 5) is 14.0. The lowest BCUT2D eigenvalue weighted by atomic mass is 9.97. The number of piperazine rings is 1. The van der Waals surface area contributed by atoms with Crippen LogP contribution in [0.25, 0.3) is 0 Å². The van der Waals surface area contributed by atoms with Gasteiger partial charge >= 0.3 is 0 Å². The molecule has 0 atom stereocenters. The number of rotatable bonds is 1. The number of nitrogens with one attached hydrogen (secondary N) is 1. The summed E-state index contributed by atoms with van der Waals surface area (Å²) < 4.78 is 0. The van der Waals surface area contributed by atoms with Crippen molar-refractivity contribution in [3.63, 3.8) is 0 Å². The van der Waals surface area contributed by atoms with E-state index in [1.807, 2.05) is 39.0 Å². The normalized spacial score (nSPS) is 19.0. The predicted molar refractivity (Wildman–Crippen MR) is 70.0 cm³/mol. The fraction of sp³-hybridized carbons (Fsp3) is 0.462. The molecular formula is C13H19N3O. The van der Waals surface area contributed by atoms with Crippen molar-refractivity contribution in [2.75, 3.05) is 23.7 Å². The molecular weight excluding hydrogens is 214 g/mol. The van der Waals surface area contributed by atoms with E-state index >= 15 is 0 Å². The van der Waals surface area contributed by atoms with Crippen LogP contribution in [0.5, 0.6) is 0 Å². The third-order valence-corrected chi connectivity index (χ3v) is 3.42. The standard InChI is InChI=1S/C13H19N3O/c1-9-8-10(4-5-11(9)14)16-7-6-15-12(17)13(16,2)3/h4-5,8H,6-7,14H2,1-3H3,(H,15,17). The molecule has 0 aliphatic carbocycles. The van der Waals surface area contributed by atoms with E-state index in [-0.39, 0.29) is 5.91 Å². The molecule has 1 amide bonds. The molecule has 1 aliphatic heterocycles. The number of amides is 1. The van der Waals surface area contributed by atoms with Gasteiger partial charge in [-0.2, -0.15) is 0 Å². The van der Waals surface area contributed by atoms with Gasteiger partial charge < -0.3 is 16.0 Å². The van der Waals surface area contributed by atoms with E-state index in [4.69, 9.17) is 5.73 Å². The van der Waals surface area contributed by atoms with Gasteiger partial charge in [0.15, 0.2) is 0 Å². The van der Waals surface area contributed by atoms with Gasteiger partial charge in [-0.25, -0.2) is 0 Å². The van der Waals surface area contributed by atoms with Crippen molar-refractivity contribution < 1.29 is 4.79 Å². The molecule has 0 radical (unpaired) electrons. The monoisotopic (exact) mass is 233 g/mol. The highest BCUT2D eigenvalue weighted by Gasteiger charge is 2.37. The van der Waals surface area contributed by atoms with Gasteiger partial charge in [-0.15, -0.1) is 0 Å². The zero-order valence-corrected chi connectivity index (χ0v) is 10.6. The Kier molecular flexibility index (Phi) is 2.73. The molecule has 4 heteroatoms. The van der Waals surface area contributed by atoms with Crippen LogP contribution >= 0.6 is 0 Å². The zero-order chi connectivity index (χ0) is 12.6. The second-order valence-electron chi connectivity index (χ2n) is 5.01. The number of aryl methyl sites for hydroxylation is 1. The summed E-state index contributed by atoms with van der Waals surface area (Å²) in [6.07, 6.45) is 0. The van der Waals surface area contributed by atoms with Gasteiger partial charge in [0.1, 0.15) is 5.54 Å². The Morgan fingerprint density at radius 3 is 2.76 bits per heavy atom. The molecule has 2 rings (SSSR count). The summed E-state index contributed by atoms with van der Waals surface area (Å²) in [5.74, 6) is 0.0678. The Balaban J connectivity index is 2.38. The summed E-state index contributed by atoms with van der Waals surface area (Å²) in [7, 11) is 0. The van der Waals surface area contributed by atoms with Gasteiger partial charge in [0, 0.05) is 24.5 Å². The number of benzene rings is 1. The molecule has 92 valence electrons. The van der Waals surface area contributed by atoms with E-state index in [0.717, 1.165) is 23.5 Å². The Hall–Kier alpha value is -1.71. The number of nitrogen functional groups attached to an aromatic ring is 1. The second kappa shape index (κ2) is 3.95. The number of nitrogens with two attached hydrogens (primary N) is 1. The minimum Gasteiger partial charge on any atom is -0.399 e. The van der Waals surface area contributed by atoms with Crippen molar-refractivity contribution in [2.24, 2.45) is 0 Å². The van der Waals surface area contributed by atoms with Crippen LogP contribution in [0.3, 0.4) is 0 Å². The molecule has 0 aromatic heterocycles. The average molecular weight is 233 g/mol. The first-order valence-electron chi connectivity index (χ1n) is 5.85. The SMILES string of the molecule is Cc1cc(N2CCNC(=O)C2(C)C)ccc1N. The molecule has 0 bridgehead atoms. The van der Waals surface area contributed by atoms with E-state index in [9.17, 15) is 4.79 Å². The van der Waals surface area contributed by atoms with E-state index < -0.39 is 5.54 Å². The molecule has 4 nitrogen and oxygen atoms in total. The third kappa shape index (κ3) is 1.95. The maximum atomic E-state index is 11.9. The van der Waals surface area contributed by atoms with Crippen LogP contribution < -0.4 is 16.0 Å². The van der Waals surface area contributed by atoms with E-state index in [0.29, 0.717) is 6.54 Å². The zero-order valence-electron chi connectivity index (χ0n) is 10.6. The van der Waals surface area contributed by atoms with Gasteiger partial charge in [-0.05, 0) is 44.5 Å². The molecule has 17 heavy (non-hydrogen) atoms. The molecule has 0 saturated carbocycles. The number of anilines is 2. The van der Waals surface area contributed by atoms with E-state index in [1.54, 1.807) is 0 Å². The van der Waals surface area contributed by atoms with Gasteiger partial charge in [0.25, 0.3) is 0 Å². The highest BCUT2D eigenvalue weighted by atomic mass is 16.2. The molecule has 1 aromatic rings. The van der Waals surface area contributed by atoms with Crippen LogP contribution in [0.1, 0.15) is 19.4 Å². The Morgan fingerprint density at radius 2 is 2.12 bits per heavy atom. The lowest BCUT2D eigenvalue weighted by Gasteiger charge is -2.43. The van der Waals surface area contributed by atoms with Gasteiger partial charge in [0.05, 0.1) is 0 Å². The van der Waals surface area contributed by atoms with Gasteiger partial charge in [0.2, 0.25) is 5.91 Å². The first-order chi connectivity index (χ1) is 7.93. The highest BCUT2D eigenvalue weighted by Crippen LogP contribution is 2.28. The number of hydrogen-bond donors (Lipinski definition) is 2. The largest absolute Gasteiger partial charge is 0.399 e. The molecule has 1 saturated heterocycles. The minimum atomic E-state index is -0.513. The Labute approximate surface area is 102 Å². The fourth-order valence-corrected chi connectivity index (χ4v) is 2.18. The highest BCUT2D eigenvalue weighted by molar-refractivity contribution is 5.90. The third-order valence-electron chi connectivity index (χ3n) is 3.42. The summed E-state index contributed by atoms with van der Waals surface area (Å²) in [5.41, 5.74) is 8.19. The molecule has 1 heterocycles. The first-order valence-corrected chi connectivity index (χ1v) is 5.85. The molecule has 1 aromatic carbocycles. The van der Waals surface area contributed by atoms with Crippen molar-refractivity contribution in [1.82, 2.24) is 5.32 Å². The van der Waals surface area contributed by atoms with Crippen LogP contribution in [0, 0.1) is 6.92 Å². The molecule has 0 unspecified atom stereocenters. The second-order valence-corrected chi connectivity index (χ2v) is 5.01. The van der Waals surface area contributed by atoms with Crippen LogP contribution in [-0.2, 0) is 4.79 Å². The van der Waals surface area contributed by atoms with Crippen molar-refractivity contribution in [1.29, 1.82) is 0 Å². The molecule has 1 aliphatic rings. The van der Waals surface area contributed by atoms with Crippen LogP contribution in [-0.4, -0.2) is 24.5 Å². The van der Waals surface area contributed by atoms with Gasteiger partial charge in [-0.3, -0.25) is 4.79 Å². The summed E-state index contributed by atoms with van der Waals surface area (Å²) in [5, 5.41) is 2.89. The lowest BCUT2D eigenvalue weighted by Crippen LogP contribution is -2.62. The van der Waals surface area contributed by atoms with Crippen LogP contribution in [0.2, 0.25) is 0 Å².